The van der Waals surface area contributed by atoms with Crippen LogP contribution >= 0.6 is 23.7 Å². The van der Waals surface area contributed by atoms with Crippen LogP contribution in [0.2, 0.25) is 0 Å². The molecule has 92 valence electrons. The number of hydrogen-bond donors (Lipinski definition) is 1. The fourth-order valence-corrected chi connectivity index (χ4v) is 3.22. The summed E-state index contributed by atoms with van der Waals surface area (Å²) < 4.78 is 26.4. The molecular formula is C10H11ClN2O2S2. The van der Waals surface area contributed by atoms with Gasteiger partial charge in [-0.25, -0.2) is 13.1 Å². The second-order valence-electron chi connectivity index (χ2n) is 3.11. The maximum atomic E-state index is 11.8. The van der Waals surface area contributed by atoms with Crippen LogP contribution < -0.4 is 4.72 Å². The summed E-state index contributed by atoms with van der Waals surface area (Å²) in [5, 5.41) is 1.74. The summed E-state index contributed by atoms with van der Waals surface area (Å²) in [6, 6.07) is 6.85. The quantitative estimate of drug-likeness (QED) is 0.937. The predicted molar refractivity (Wildman–Crippen MR) is 69.8 cm³/mol. The van der Waals surface area contributed by atoms with Crippen molar-refractivity contribution in [2.24, 2.45) is 0 Å². The van der Waals surface area contributed by atoms with Gasteiger partial charge in [0.15, 0.2) is 0 Å². The van der Waals surface area contributed by atoms with Crippen LogP contribution in [0.1, 0.15) is 5.56 Å². The van der Waals surface area contributed by atoms with E-state index >= 15 is 0 Å². The molecule has 0 bridgehead atoms. The molecule has 2 aromatic heterocycles. The molecule has 7 heteroatoms. The van der Waals surface area contributed by atoms with Gasteiger partial charge in [-0.3, -0.25) is 4.98 Å². The van der Waals surface area contributed by atoms with Crippen LogP contribution in [0.5, 0.6) is 0 Å². The van der Waals surface area contributed by atoms with Gasteiger partial charge in [0.2, 0.25) is 10.0 Å². The first-order valence-corrected chi connectivity index (χ1v) is 6.97. The van der Waals surface area contributed by atoms with E-state index in [0.717, 1.165) is 5.56 Å². The number of aromatic nitrogens is 1. The largest absolute Gasteiger partial charge is 0.265 e. The van der Waals surface area contributed by atoms with Crippen molar-refractivity contribution in [3.63, 3.8) is 0 Å². The summed E-state index contributed by atoms with van der Waals surface area (Å²) >= 11 is 1.20. The molecule has 0 fully saturated rings. The van der Waals surface area contributed by atoms with Crippen LogP contribution in [0.25, 0.3) is 0 Å². The maximum Gasteiger partial charge on any atom is 0.250 e. The first kappa shape index (κ1) is 14.1. The molecule has 0 radical (unpaired) electrons. The van der Waals surface area contributed by atoms with E-state index in [1.54, 1.807) is 42.0 Å². The van der Waals surface area contributed by atoms with Crippen LogP contribution in [0, 0.1) is 0 Å². The van der Waals surface area contributed by atoms with E-state index in [1.165, 1.54) is 11.3 Å². The monoisotopic (exact) mass is 290 g/mol. The number of nitrogens with zero attached hydrogens (tertiary/aromatic N) is 1. The number of sulfonamides is 1. The summed E-state index contributed by atoms with van der Waals surface area (Å²) in [5.74, 6) is 0. The van der Waals surface area contributed by atoms with Gasteiger partial charge in [-0.05, 0) is 29.1 Å². The number of thiophene rings is 1. The van der Waals surface area contributed by atoms with E-state index in [-0.39, 0.29) is 19.0 Å². The molecule has 17 heavy (non-hydrogen) atoms. The predicted octanol–water partition coefficient (Wildman–Crippen LogP) is 2.04. The van der Waals surface area contributed by atoms with Crippen molar-refractivity contribution in [2.75, 3.05) is 0 Å². The van der Waals surface area contributed by atoms with Crippen molar-refractivity contribution >= 4 is 33.8 Å². The van der Waals surface area contributed by atoms with Crippen LogP contribution in [0.15, 0.2) is 46.2 Å². The molecule has 0 saturated heterocycles. The topological polar surface area (TPSA) is 59.1 Å². The van der Waals surface area contributed by atoms with E-state index in [0.29, 0.717) is 4.21 Å². The second-order valence-corrected chi connectivity index (χ2v) is 6.05. The number of pyridine rings is 1. The highest BCUT2D eigenvalue weighted by molar-refractivity contribution is 7.91. The lowest BCUT2D eigenvalue weighted by atomic mass is 10.3. The molecule has 2 heterocycles. The van der Waals surface area contributed by atoms with Crippen molar-refractivity contribution in [3.05, 3.63) is 47.6 Å². The normalized spacial score (nSPS) is 10.8. The lowest BCUT2D eigenvalue weighted by molar-refractivity contribution is 0.583. The average Bonchev–Trinajstić information content (AvgIpc) is 2.82. The molecule has 4 nitrogen and oxygen atoms in total. The molecule has 0 aliphatic carbocycles. The first-order valence-electron chi connectivity index (χ1n) is 4.60. The summed E-state index contributed by atoms with van der Waals surface area (Å²) in [6.07, 6.45) is 3.27. The zero-order valence-electron chi connectivity index (χ0n) is 8.74. The van der Waals surface area contributed by atoms with Gasteiger partial charge in [-0.2, -0.15) is 0 Å². The van der Waals surface area contributed by atoms with Gasteiger partial charge in [-0.15, -0.1) is 23.7 Å². The van der Waals surface area contributed by atoms with Crippen LogP contribution in [-0.4, -0.2) is 13.4 Å². The summed E-state index contributed by atoms with van der Waals surface area (Å²) in [6.45, 7) is 0.281. The Bertz CT molecular complexity index is 541. The highest BCUT2D eigenvalue weighted by Crippen LogP contribution is 2.15. The van der Waals surface area contributed by atoms with E-state index in [2.05, 4.69) is 9.71 Å². The lowest BCUT2D eigenvalue weighted by Crippen LogP contribution is -2.22. The number of halogens is 1. The molecule has 0 spiro atoms. The van der Waals surface area contributed by atoms with E-state index in [4.69, 9.17) is 0 Å². The third kappa shape index (κ3) is 3.78. The molecule has 1 N–H and O–H groups in total. The van der Waals surface area contributed by atoms with Crippen LogP contribution in [0.4, 0.5) is 0 Å². The molecular weight excluding hydrogens is 280 g/mol. The third-order valence-corrected chi connectivity index (χ3v) is 4.77. The number of rotatable bonds is 4. The first-order chi connectivity index (χ1) is 7.68. The van der Waals surface area contributed by atoms with E-state index < -0.39 is 10.0 Å². The van der Waals surface area contributed by atoms with Gasteiger partial charge >= 0.3 is 0 Å². The summed E-state index contributed by atoms with van der Waals surface area (Å²) in [5.41, 5.74) is 0.884. The molecule has 0 aromatic carbocycles. The number of hydrogen-bond acceptors (Lipinski definition) is 4. The molecule has 0 atom stereocenters. The Labute approximate surface area is 110 Å². The van der Waals surface area contributed by atoms with Crippen LogP contribution in [-0.2, 0) is 16.6 Å². The highest BCUT2D eigenvalue weighted by atomic mass is 35.5. The van der Waals surface area contributed by atoms with Crippen molar-refractivity contribution in [1.29, 1.82) is 0 Å². The Balaban J connectivity index is 0.00000144. The zero-order valence-corrected chi connectivity index (χ0v) is 11.2. The molecule has 2 aromatic rings. The summed E-state index contributed by atoms with van der Waals surface area (Å²) in [4.78, 5) is 3.86. The van der Waals surface area contributed by atoms with E-state index in [9.17, 15) is 8.42 Å². The Hall–Kier alpha value is -0.950. The molecule has 0 saturated carbocycles. The van der Waals surface area contributed by atoms with Gasteiger partial charge in [0.1, 0.15) is 4.21 Å². The average molecular weight is 291 g/mol. The van der Waals surface area contributed by atoms with Crippen molar-refractivity contribution in [2.45, 2.75) is 10.8 Å². The van der Waals surface area contributed by atoms with Crippen molar-refractivity contribution in [1.82, 2.24) is 9.71 Å². The SMILES string of the molecule is Cl.O=S(=O)(NCc1ccncc1)c1cccs1. The minimum absolute atomic E-state index is 0. The minimum atomic E-state index is -3.37. The molecule has 0 amide bonds. The maximum absolute atomic E-state index is 11.8. The standard InChI is InChI=1S/C10H10N2O2S2.ClH/c13-16(14,10-2-1-7-15-10)12-8-9-3-5-11-6-4-9;/h1-7,12H,8H2;1H. The zero-order chi connectivity index (χ0) is 11.4. The molecule has 2 rings (SSSR count). The number of nitrogens with one attached hydrogen (secondary N) is 1. The van der Waals surface area contributed by atoms with Crippen molar-refractivity contribution < 1.29 is 8.42 Å². The van der Waals surface area contributed by atoms with E-state index in [1.807, 2.05) is 0 Å². The fraction of sp³-hybridized carbons (Fsp3) is 0.100. The lowest BCUT2D eigenvalue weighted by Gasteiger charge is -2.04. The second kappa shape index (κ2) is 6.11. The minimum Gasteiger partial charge on any atom is -0.265 e. The third-order valence-electron chi connectivity index (χ3n) is 1.98. The molecule has 0 aliphatic rings. The van der Waals surface area contributed by atoms with Gasteiger partial charge in [0, 0.05) is 18.9 Å². The smallest absolute Gasteiger partial charge is 0.250 e. The Morgan fingerprint density at radius 3 is 2.53 bits per heavy atom. The Morgan fingerprint density at radius 1 is 1.24 bits per heavy atom. The van der Waals surface area contributed by atoms with Gasteiger partial charge in [-0.1, -0.05) is 6.07 Å². The molecule has 0 unspecified atom stereocenters. The highest BCUT2D eigenvalue weighted by Gasteiger charge is 2.13. The van der Waals surface area contributed by atoms with Gasteiger partial charge < -0.3 is 0 Å². The summed E-state index contributed by atoms with van der Waals surface area (Å²) in [7, 11) is -3.37. The Morgan fingerprint density at radius 2 is 1.94 bits per heavy atom. The Kier molecular flexibility index (Phi) is 5.07. The van der Waals surface area contributed by atoms with Crippen LogP contribution in [0.3, 0.4) is 0 Å². The molecule has 0 aliphatic heterocycles. The van der Waals surface area contributed by atoms with Gasteiger partial charge in [0.05, 0.1) is 0 Å². The van der Waals surface area contributed by atoms with Gasteiger partial charge in [0.25, 0.3) is 0 Å². The van der Waals surface area contributed by atoms with Crippen molar-refractivity contribution in [3.8, 4) is 0 Å². The fourth-order valence-electron chi connectivity index (χ4n) is 1.17.